The molecule has 392 valence electrons. The van der Waals surface area contributed by atoms with Gasteiger partial charge in [0.1, 0.15) is 12.2 Å². The molecule has 0 radical (unpaired) electrons. The molecule has 0 bridgehead atoms. The van der Waals surface area contributed by atoms with E-state index < -0.39 is 36.9 Å². The predicted molar refractivity (Wildman–Crippen MR) is 293 cm³/mol. The average molecular weight is 941 g/mol. The van der Waals surface area contributed by atoms with Gasteiger partial charge < -0.3 is 25.7 Å². The molecular formula is C61H113NO5. The maximum atomic E-state index is 12.6. The van der Waals surface area contributed by atoms with Crippen LogP contribution in [0.4, 0.5) is 0 Å². The van der Waals surface area contributed by atoms with E-state index in [0.29, 0.717) is 19.3 Å². The first kappa shape index (κ1) is 65.0. The molecule has 0 aliphatic carbocycles. The third-order valence-corrected chi connectivity index (χ3v) is 13.4. The van der Waals surface area contributed by atoms with Crippen LogP contribution in [0.5, 0.6) is 0 Å². The summed E-state index contributed by atoms with van der Waals surface area (Å²) in [6.07, 6.45) is 71.7. The van der Waals surface area contributed by atoms with Crippen LogP contribution in [0.2, 0.25) is 0 Å². The molecule has 0 aromatic rings. The highest BCUT2D eigenvalue weighted by molar-refractivity contribution is 5.80. The molecular weight excluding hydrogens is 827 g/mol. The molecule has 0 saturated carbocycles. The van der Waals surface area contributed by atoms with Crippen molar-refractivity contribution in [2.45, 2.75) is 314 Å². The van der Waals surface area contributed by atoms with E-state index in [0.717, 1.165) is 57.8 Å². The Balaban J connectivity index is 3.59. The highest BCUT2D eigenvalue weighted by Gasteiger charge is 2.28. The van der Waals surface area contributed by atoms with Crippen LogP contribution in [-0.4, -0.2) is 57.3 Å². The molecule has 0 aliphatic rings. The lowest BCUT2D eigenvalue weighted by molar-refractivity contribution is -0.132. The van der Waals surface area contributed by atoms with Crippen molar-refractivity contribution in [2.24, 2.45) is 0 Å². The summed E-state index contributed by atoms with van der Waals surface area (Å²) >= 11 is 0. The van der Waals surface area contributed by atoms with Crippen molar-refractivity contribution in [3.8, 4) is 0 Å². The summed E-state index contributed by atoms with van der Waals surface area (Å²) in [4.78, 5) is 12.6. The van der Waals surface area contributed by atoms with Crippen LogP contribution in [0.25, 0.3) is 0 Å². The Morgan fingerprint density at radius 1 is 0.373 bits per heavy atom. The Morgan fingerprint density at radius 3 is 1.07 bits per heavy atom. The van der Waals surface area contributed by atoms with Crippen molar-refractivity contribution < 1.29 is 25.2 Å². The van der Waals surface area contributed by atoms with Crippen molar-refractivity contribution in [2.75, 3.05) is 6.61 Å². The number of rotatable bonds is 53. The Hall–Kier alpha value is -1.99. The minimum Gasteiger partial charge on any atom is -0.394 e. The first-order chi connectivity index (χ1) is 33.0. The molecule has 67 heavy (non-hydrogen) atoms. The summed E-state index contributed by atoms with van der Waals surface area (Å²) < 4.78 is 0. The minimum atomic E-state index is -1.30. The first-order valence-corrected chi connectivity index (χ1v) is 29.2. The summed E-state index contributed by atoms with van der Waals surface area (Å²) in [5, 5.41) is 43.8. The number of aliphatic hydroxyl groups is 4. The van der Waals surface area contributed by atoms with Crippen molar-refractivity contribution in [1.82, 2.24) is 5.32 Å². The summed E-state index contributed by atoms with van der Waals surface area (Å²) in [5.74, 6) is -0.599. The van der Waals surface area contributed by atoms with E-state index in [1.807, 2.05) is 0 Å². The second-order valence-electron chi connectivity index (χ2n) is 20.0. The van der Waals surface area contributed by atoms with E-state index in [-0.39, 0.29) is 0 Å². The van der Waals surface area contributed by atoms with Crippen molar-refractivity contribution in [3.63, 3.8) is 0 Å². The number of hydrogen-bond acceptors (Lipinski definition) is 5. The van der Waals surface area contributed by atoms with E-state index >= 15 is 0 Å². The fourth-order valence-electron chi connectivity index (χ4n) is 8.81. The highest BCUT2D eigenvalue weighted by atomic mass is 16.3. The first-order valence-electron chi connectivity index (χ1n) is 29.2. The van der Waals surface area contributed by atoms with Crippen molar-refractivity contribution in [1.29, 1.82) is 0 Å². The maximum Gasteiger partial charge on any atom is 0.249 e. The van der Waals surface area contributed by atoms with Crippen LogP contribution in [0, 0.1) is 0 Å². The maximum absolute atomic E-state index is 12.6. The number of carbonyl (C=O) groups is 1. The number of hydrogen-bond donors (Lipinski definition) is 5. The Morgan fingerprint density at radius 2 is 0.687 bits per heavy atom. The van der Waals surface area contributed by atoms with Crippen molar-refractivity contribution >= 4 is 5.91 Å². The summed E-state index contributed by atoms with van der Waals surface area (Å²) in [6, 6.07) is -1.01. The van der Waals surface area contributed by atoms with Crippen LogP contribution in [-0.2, 0) is 4.79 Å². The van der Waals surface area contributed by atoms with Gasteiger partial charge in [-0.3, -0.25) is 4.79 Å². The lowest BCUT2D eigenvalue weighted by Crippen LogP contribution is -2.53. The zero-order valence-electron chi connectivity index (χ0n) is 44.4. The highest BCUT2D eigenvalue weighted by Crippen LogP contribution is 2.17. The molecule has 4 unspecified atom stereocenters. The predicted octanol–water partition coefficient (Wildman–Crippen LogP) is 17.1. The molecule has 6 nitrogen and oxygen atoms in total. The summed E-state index contributed by atoms with van der Waals surface area (Å²) in [7, 11) is 0. The average Bonchev–Trinajstić information content (AvgIpc) is 3.33. The lowest BCUT2D eigenvalue weighted by atomic mass is 10.00. The second kappa shape index (κ2) is 54.9. The van der Waals surface area contributed by atoms with Gasteiger partial charge in [-0.25, -0.2) is 0 Å². The standard InChI is InChI=1S/C61H113NO5/c1-3-5-7-9-11-13-15-17-19-20-21-22-23-24-25-26-27-28-29-30-31-32-33-34-35-36-37-38-39-41-43-45-47-49-51-53-55-59(65)61(67)62-57(56-63)60(66)58(64)54-52-50-48-46-44-42-40-18-16-14-12-10-8-6-4-2/h10,12,18,25-26,28-29,40,46,48,57-60,63-66H,3-9,11,13-17,19-24,27,30-39,41-45,47,49-56H2,1-2H3,(H,62,67)/b12-10+,26-25-,29-28-,40-18+,48-46+. The number of amides is 1. The molecule has 0 aromatic carbocycles. The molecule has 0 heterocycles. The van der Waals surface area contributed by atoms with Gasteiger partial charge in [0.15, 0.2) is 0 Å². The zero-order chi connectivity index (χ0) is 48.8. The molecule has 0 fully saturated rings. The van der Waals surface area contributed by atoms with Gasteiger partial charge in [-0.15, -0.1) is 0 Å². The third kappa shape index (κ3) is 48.8. The van der Waals surface area contributed by atoms with Crippen LogP contribution >= 0.6 is 0 Å². The van der Waals surface area contributed by atoms with Gasteiger partial charge in [0.25, 0.3) is 0 Å². The second-order valence-corrected chi connectivity index (χ2v) is 20.0. The normalized spacial score (nSPS) is 14.2. The smallest absolute Gasteiger partial charge is 0.249 e. The fourth-order valence-corrected chi connectivity index (χ4v) is 8.81. The van der Waals surface area contributed by atoms with Crippen LogP contribution < -0.4 is 5.32 Å². The summed E-state index contributed by atoms with van der Waals surface area (Å²) in [6.45, 7) is 4.01. The molecule has 0 saturated heterocycles. The Kier molecular flexibility index (Phi) is 53.3. The van der Waals surface area contributed by atoms with Crippen LogP contribution in [0.15, 0.2) is 60.8 Å². The van der Waals surface area contributed by atoms with Gasteiger partial charge in [0.2, 0.25) is 5.91 Å². The van der Waals surface area contributed by atoms with Gasteiger partial charge in [0, 0.05) is 0 Å². The van der Waals surface area contributed by atoms with Crippen LogP contribution in [0.3, 0.4) is 0 Å². The number of allylic oxidation sites excluding steroid dienone is 10. The van der Waals surface area contributed by atoms with E-state index in [4.69, 9.17) is 0 Å². The van der Waals surface area contributed by atoms with Gasteiger partial charge in [0.05, 0.1) is 18.8 Å². The molecule has 1 amide bonds. The lowest BCUT2D eigenvalue weighted by Gasteiger charge is -2.27. The topological polar surface area (TPSA) is 110 Å². The molecule has 0 spiro atoms. The largest absolute Gasteiger partial charge is 0.394 e. The fraction of sp³-hybridized carbons (Fsp3) is 0.820. The van der Waals surface area contributed by atoms with E-state index in [1.54, 1.807) is 0 Å². The van der Waals surface area contributed by atoms with Gasteiger partial charge in [-0.1, -0.05) is 261 Å². The number of aliphatic hydroxyl groups excluding tert-OH is 4. The molecule has 0 aromatic heterocycles. The SMILES string of the molecule is CCCC/C=C/CC/C=C/CC/C=C/CCCC(O)C(O)C(CO)NC(=O)C(O)CCCCCCCCCCCCCCCCCC/C=C\C/C=C\CCCCCCCCCCCCCCC. The molecule has 5 N–H and O–H groups in total. The van der Waals surface area contributed by atoms with Crippen LogP contribution in [0.1, 0.15) is 290 Å². The minimum absolute atomic E-state index is 0.357. The van der Waals surface area contributed by atoms with E-state index in [2.05, 4.69) is 79.9 Å². The van der Waals surface area contributed by atoms with Gasteiger partial charge in [-0.2, -0.15) is 0 Å². The van der Waals surface area contributed by atoms with Crippen molar-refractivity contribution in [3.05, 3.63) is 60.8 Å². The Labute approximate surface area is 416 Å². The molecule has 4 atom stereocenters. The molecule has 0 aliphatic heterocycles. The number of nitrogens with one attached hydrogen (secondary N) is 1. The number of unbranched alkanes of at least 4 members (excludes halogenated alkanes) is 34. The third-order valence-electron chi connectivity index (χ3n) is 13.4. The monoisotopic (exact) mass is 940 g/mol. The van der Waals surface area contributed by atoms with Gasteiger partial charge in [-0.05, 0) is 89.9 Å². The molecule has 0 rings (SSSR count). The Bertz CT molecular complexity index is 1150. The van der Waals surface area contributed by atoms with E-state index in [1.165, 1.54) is 199 Å². The van der Waals surface area contributed by atoms with E-state index in [9.17, 15) is 25.2 Å². The quantitative estimate of drug-likeness (QED) is 0.0308. The number of carbonyl (C=O) groups excluding carboxylic acids is 1. The zero-order valence-corrected chi connectivity index (χ0v) is 44.4. The summed E-state index contributed by atoms with van der Waals surface area (Å²) in [5.41, 5.74) is 0. The molecule has 6 heteroatoms. The van der Waals surface area contributed by atoms with Gasteiger partial charge >= 0.3 is 0 Å².